The molecule has 88 valence electrons. The fourth-order valence-corrected chi connectivity index (χ4v) is 2.00. The Bertz CT molecular complexity index is 523. The summed E-state index contributed by atoms with van der Waals surface area (Å²) in [6, 6.07) is 11.9. The lowest BCUT2D eigenvalue weighted by atomic mass is 9.94. The summed E-state index contributed by atoms with van der Waals surface area (Å²) < 4.78 is 5.73. The first kappa shape index (κ1) is 10.6. The lowest BCUT2D eigenvalue weighted by Crippen LogP contribution is -2.56. The predicted molar refractivity (Wildman–Crippen MR) is 65.6 cm³/mol. The summed E-state index contributed by atoms with van der Waals surface area (Å²) >= 11 is 0. The molecule has 1 aliphatic rings. The van der Waals surface area contributed by atoms with Crippen molar-refractivity contribution in [1.82, 2.24) is 5.32 Å². The van der Waals surface area contributed by atoms with Gasteiger partial charge in [0.15, 0.2) is 0 Å². The van der Waals surface area contributed by atoms with E-state index in [1.165, 1.54) is 5.56 Å². The average molecular weight is 229 g/mol. The van der Waals surface area contributed by atoms with Crippen molar-refractivity contribution >= 4 is 0 Å². The van der Waals surface area contributed by atoms with Gasteiger partial charge in [0.05, 0.1) is 0 Å². The molecular weight excluding hydrogens is 214 g/mol. The van der Waals surface area contributed by atoms with Gasteiger partial charge in [-0.05, 0) is 19.1 Å². The molecule has 0 spiro atoms. The van der Waals surface area contributed by atoms with E-state index in [0.29, 0.717) is 18.8 Å². The Morgan fingerprint density at radius 1 is 1.12 bits per heavy atom. The fraction of sp³-hybridized carbons (Fsp3) is 0.286. The fourth-order valence-electron chi connectivity index (χ4n) is 2.00. The van der Waals surface area contributed by atoms with Gasteiger partial charge in [-0.1, -0.05) is 29.8 Å². The van der Waals surface area contributed by atoms with Crippen LogP contribution in [0.2, 0.25) is 0 Å². The third-order valence-corrected chi connectivity index (χ3v) is 3.24. The number of furan rings is 1. The zero-order valence-electron chi connectivity index (χ0n) is 9.73. The monoisotopic (exact) mass is 229 g/mol. The Labute approximate surface area is 100 Å². The molecule has 0 atom stereocenters. The predicted octanol–water partition coefficient (Wildman–Crippen LogP) is 2.05. The number of nitrogens with one attached hydrogen (secondary N) is 1. The van der Waals surface area contributed by atoms with Crippen LogP contribution in [-0.2, 0) is 5.60 Å². The molecule has 1 aromatic carbocycles. The molecule has 0 radical (unpaired) electrons. The van der Waals surface area contributed by atoms with Crippen molar-refractivity contribution in [2.75, 3.05) is 13.1 Å². The van der Waals surface area contributed by atoms with Crippen LogP contribution in [0.3, 0.4) is 0 Å². The van der Waals surface area contributed by atoms with Gasteiger partial charge in [0.1, 0.15) is 17.1 Å². The number of aryl methyl sites for hydroxylation is 1. The van der Waals surface area contributed by atoms with Gasteiger partial charge in [-0.2, -0.15) is 0 Å². The summed E-state index contributed by atoms with van der Waals surface area (Å²) in [4.78, 5) is 0. The van der Waals surface area contributed by atoms with Crippen LogP contribution >= 0.6 is 0 Å². The first-order chi connectivity index (χ1) is 8.17. The van der Waals surface area contributed by atoms with Gasteiger partial charge in [-0.25, -0.2) is 0 Å². The molecular formula is C14H15NO2. The minimum Gasteiger partial charge on any atom is -0.458 e. The van der Waals surface area contributed by atoms with Crippen molar-refractivity contribution in [2.45, 2.75) is 12.5 Å². The van der Waals surface area contributed by atoms with E-state index in [0.717, 1.165) is 11.3 Å². The van der Waals surface area contributed by atoms with E-state index in [1.807, 2.05) is 24.3 Å². The van der Waals surface area contributed by atoms with Crippen molar-refractivity contribution in [3.05, 3.63) is 47.7 Å². The van der Waals surface area contributed by atoms with Crippen LogP contribution in [0, 0.1) is 6.92 Å². The molecule has 0 bridgehead atoms. The highest BCUT2D eigenvalue weighted by Crippen LogP contribution is 2.31. The molecule has 3 heteroatoms. The van der Waals surface area contributed by atoms with Crippen LogP contribution in [0.1, 0.15) is 11.3 Å². The van der Waals surface area contributed by atoms with E-state index >= 15 is 0 Å². The number of β-amino-alcohol motifs (C(OH)–C–C–N with tert-alkyl or cyclic N) is 1. The Hall–Kier alpha value is -1.58. The molecule has 17 heavy (non-hydrogen) atoms. The molecule has 1 saturated heterocycles. The SMILES string of the molecule is Cc1ccc(-c2ccc(C3(O)CNC3)o2)cc1. The van der Waals surface area contributed by atoms with E-state index in [1.54, 1.807) is 0 Å². The van der Waals surface area contributed by atoms with Gasteiger partial charge in [-0.3, -0.25) is 0 Å². The van der Waals surface area contributed by atoms with Crippen LogP contribution in [0.4, 0.5) is 0 Å². The molecule has 1 aromatic heterocycles. The molecule has 0 amide bonds. The zero-order chi connectivity index (χ0) is 11.9. The molecule has 0 aliphatic carbocycles. The molecule has 1 fully saturated rings. The van der Waals surface area contributed by atoms with E-state index < -0.39 is 5.60 Å². The first-order valence-corrected chi connectivity index (χ1v) is 5.78. The highest BCUT2D eigenvalue weighted by molar-refractivity contribution is 5.58. The highest BCUT2D eigenvalue weighted by Gasteiger charge is 2.39. The number of hydrogen-bond acceptors (Lipinski definition) is 3. The summed E-state index contributed by atoms with van der Waals surface area (Å²) in [5.41, 5.74) is 1.45. The Balaban J connectivity index is 1.92. The third-order valence-electron chi connectivity index (χ3n) is 3.24. The van der Waals surface area contributed by atoms with Crippen LogP contribution in [0.15, 0.2) is 40.8 Å². The molecule has 1 aliphatic heterocycles. The van der Waals surface area contributed by atoms with E-state index in [2.05, 4.69) is 24.4 Å². The summed E-state index contributed by atoms with van der Waals surface area (Å²) in [5, 5.41) is 13.2. The number of aliphatic hydroxyl groups is 1. The second kappa shape index (κ2) is 3.72. The third kappa shape index (κ3) is 1.77. The maximum absolute atomic E-state index is 10.1. The molecule has 2 N–H and O–H groups in total. The standard InChI is InChI=1S/C14H15NO2/c1-10-2-4-11(5-3-10)12-6-7-13(17-12)14(16)8-15-9-14/h2-7,15-16H,8-9H2,1H3. The Morgan fingerprint density at radius 2 is 1.82 bits per heavy atom. The lowest BCUT2D eigenvalue weighted by Gasteiger charge is -2.35. The molecule has 0 unspecified atom stereocenters. The second-order valence-electron chi connectivity index (χ2n) is 4.67. The van der Waals surface area contributed by atoms with Crippen LogP contribution in [0.5, 0.6) is 0 Å². The maximum atomic E-state index is 10.1. The number of benzene rings is 1. The van der Waals surface area contributed by atoms with E-state index in [-0.39, 0.29) is 0 Å². The number of rotatable bonds is 2. The van der Waals surface area contributed by atoms with Crippen LogP contribution < -0.4 is 5.32 Å². The molecule has 2 heterocycles. The Kier molecular flexibility index (Phi) is 2.31. The number of hydrogen-bond donors (Lipinski definition) is 2. The maximum Gasteiger partial charge on any atom is 0.147 e. The van der Waals surface area contributed by atoms with Gasteiger partial charge in [0.25, 0.3) is 0 Å². The summed E-state index contributed by atoms with van der Waals surface area (Å²) in [7, 11) is 0. The minimum atomic E-state index is -0.817. The normalized spacial score (nSPS) is 17.8. The quantitative estimate of drug-likeness (QED) is 0.828. The largest absolute Gasteiger partial charge is 0.458 e. The topological polar surface area (TPSA) is 45.4 Å². The second-order valence-corrected chi connectivity index (χ2v) is 4.67. The van der Waals surface area contributed by atoms with E-state index in [4.69, 9.17) is 4.42 Å². The lowest BCUT2D eigenvalue weighted by molar-refractivity contribution is -0.0327. The van der Waals surface area contributed by atoms with Gasteiger partial charge >= 0.3 is 0 Å². The summed E-state index contributed by atoms with van der Waals surface area (Å²) in [6.45, 7) is 3.18. The molecule has 0 saturated carbocycles. The average Bonchev–Trinajstić information content (AvgIpc) is 2.76. The van der Waals surface area contributed by atoms with Crippen LogP contribution in [-0.4, -0.2) is 18.2 Å². The van der Waals surface area contributed by atoms with Crippen molar-refractivity contribution in [1.29, 1.82) is 0 Å². The molecule has 3 nitrogen and oxygen atoms in total. The highest BCUT2D eigenvalue weighted by atomic mass is 16.4. The minimum absolute atomic E-state index is 0.563. The van der Waals surface area contributed by atoms with E-state index in [9.17, 15) is 5.11 Å². The van der Waals surface area contributed by atoms with Gasteiger partial charge in [-0.15, -0.1) is 0 Å². The first-order valence-electron chi connectivity index (χ1n) is 5.78. The molecule has 2 aromatic rings. The molecule has 3 rings (SSSR count). The zero-order valence-corrected chi connectivity index (χ0v) is 9.73. The summed E-state index contributed by atoms with van der Waals surface area (Å²) in [6.07, 6.45) is 0. The Morgan fingerprint density at radius 3 is 2.41 bits per heavy atom. The van der Waals surface area contributed by atoms with Crippen molar-refractivity contribution in [3.63, 3.8) is 0 Å². The van der Waals surface area contributed by atoms with Crippen molar-refractivity contribution < 1.29 is 9.52 Å². The smallest absolute Gasteiger partial charge is 0.147 e. The van der Waals surface area contributed by atoms with Crippen molar-refractivity contribution in [2.24, 2.45) is 0 Å². The van der Waals surface area contributed by atoms with Gasteiger partial charge in [0.2, 0.25) is 0 Å². The van der Waals surface area contributed by atoms with Crippen LogP contribution in [0.25, 0.3) is 11.3 Å². The van der Waals surface area contributed by atoms with Crippen molar-refractivity contribution in [3.8, 4) is 11.3 Å². The van der Waals surface area contributed by atoms with Gasteiger partial charge < -0.3 is 14.8 Å². The van der Waals surface area contributed by atoms with Gasteiger partial charge in [0, 0.05) is 18.7 Å². The summed E-state index contributed by atoms with van der Waals surface area (Å²) in [5.74, 6) is 1.45.